The zero-order valence-corrected chi connectivity index (χ0v) is 24.6. The van der Waals surface area contributed by atoms with Crippen molar-refractivity contribution in [3.8, 4) is 0 Å². The summed E-state index contributed by atoms with van der Waals surface area (Å²) in [5, 5.41) is 0. The predicted molar refractivity (Wildman–Crippen MR) is 148 cm³/mol. The van der Waals surface area contributed by atoms with Gasteiger partial charge in [0.1, 0.15) is 0 Å². The molecule has 11 heteroatoms. The van der Waals surface area contributed by atoms with Crippen molar-refractivity contribution in [3.05, 3.63) is 0 Å². The van der Waals surface area contributed by atoms with Gasteiger partial charge in [0, 0.05) is 12.5 Å². The average molecular weight is 575 g/mol. The Balaban J connectivity index is 3.01. The molecule has 0 heterocycles. The smallest absolute Gasteiger partial charge is 0.0701 e. The van der Waals surface area contributed by atoms with Crippen LogP contribution in [-0.2, 0) is 47.4 Å². The van der Waals surface area contributed by atoms with Gasteiger partial charge in [-0.05, 0) is 6.42 Å². The van der Waals surface area contributed by atoms with E-state index in [9.17, 15) is 0 Å². The van der Waals surface area contributed by atoms with Crippen LogP contribution in [0.15, 0.2) is 0 Å². The number of unbranched alkanes of at least 4 members (excludes halogenated alkanes) is 4. The first-order valence-corrected chi connectivity index (χ1v) is 14.8. The molecule has 0 fully saturated rings. The second-order valence-electron chi connectivity index (χ2n) is 8.23. The molecule has 0 unspecified atom stereocenters. The van der Waals surface area contributed by atoms with E-state index in [0.717, 1.165) is 13.0 Å². The lowest BCUT2D eigenvalue weighted by Gasteiger charge is -2.09. The van der Waals surface area contributed by atoms with E-state index < -0.39 is 0 Å². The summed E-state index contributed by atoms with van der Waals surface area (Å²) in [6.07, 6.45) is 6.29. The molecule has 0 aromatic heterocycles. The molecule has 0 N–H and O–H groups in total. The van der Waals surface area contributed by atoms with Crippen LogP contribution in [-0.4, -0.2) is 138 Å². The lowest BCUT2D eigenvalue weighted by molar-refractivity contribution is -0.0263. The summed E-state index contributed by atoms with van der Waals surface area (Å²) in [6, 6.07) is 0. The van der Waals surface area contributed by atoms with E-state index in [1.807, 2.05) is 0 Å². The number of hydrogen-bond acceptors (Lipinski definition) is 10. The van der Waals surface area contributed by atoms with E-state index in [-0.39, 0.29) is 0 Å². The Hall–Kier alpha value is -0.110. The van der Waals surface area contributed by atoms with Gasteiger partial charge in [-0.15, -0.1) is 11.6 Å². The number of rotatable bonds is 35. The molecule has 0 aliphatic carbocycles. The van der Waals surface area contributed by atoms with Crippen LogP contribution >= 0.6 is 11.6 Å². The lowest BCUT2D eigenvalue weighted by atomic mass is 10.2. The molecule has 0 amide bonds. The summed E-state index contributed by atoms with van der Waals surface area (Å²) in [4.78, 5) is 0. The Bertz CT molecular complexity index is 374. The van der Waals surface area contributed by atoms with E-state index in [1.54, 1.807) is 0 Å². The minimum atomic E-state index is 0.502. The van der Waals surface area contributed by atoms with Crippen LogP contribution in [0.1, 0.15) is 39.0 Å². The maximum atomic E-state index is 5.55. The van der Waals surface area contributed by atoms with Gasteiger partial charge in [-0.25, -0.2) is 0 Å². The quantitative estimate of drug-likeness (QED) is 0.0828. The van der Waals surface area contributed by atoms with E-state index in [1.165, 1.54) is 25.7 Å². The Morgan fingerprint density at radius 3 is 0.789 bits per heavy atom. The van der Waals surface area contributed by atoms with Crippen LogP contribution in [0.4, 0.5) is 0 Å². The molecule has 0 saturated heterocycles. The summed E-state index contributed by atoms with van der Waals surface area (Å²) in [5.74, 6) is 0.502. The first kappa shape index (κ1) is 37.9. The molecular weight excluding hydrogens is 520 g/mol. The summed E-state index contributed by atoms with van der Waals surface area (Å²) in [6.45, 7) is 13.5. The Morgan fingerprint density at radius 2 is 0.526 bits per heavy atom. The zero-order chi connectivity index (χ0) is 27.5. The number of alkyl halides is 1. The highest BCUT2D eigenvalue weighted by atomic mass is 35.5. The van der Waals surface area contributed by atoms with Crippen LogP contribution < -0.4 is 0 Å². The highest BCUT2D eigenvalue weighted by Crippen LogP contribution is 2.02. The van der Waals surface area contributed by atoms with Gasteiger partial charge < -0.3 is 47.4 Å². The molecule has 38 heavy (non-hydrogen) atoms. The molecule has 0 saturated carbocycles. The minimum Gasteiger partial charge on any atom is -0.379 e. The minimum absolute atomic E-state index is 0.502. The van der Waals surface area contributed by atoms with Crippen LogP contribution in [0, 0.1) is 0 Å². The van der Waals surface area contributed by atoms with Gasteiger partial charge in [0.05, 0.1) is 126 Å². The molecule has 0 bridgehead atoms. The van der Waals surface area contributed by atoms with Crippen molar-refractivity contribution in [2.45, 2.75) is 39.0 Å². The van der Waals surface area contributed by atoms with Crippen molar-refractivity contribution in [2.24, 2.45) is 0 Å². The van der Waals surface area contributed by atoms with Gasteiger partial charge in [0.15, 0.2) is 0 Å². The van der Waals surface area contributed by atoms with Gasteiger partial charge in [-0.3, -0.25) is 0 Å². The summed E-state index contributed by atoms with van der Waals surface area (Å²) in [7, 11) is 0. The topological polar surface area (TPSA) is 92.3 Å². The van der Waals surface area contributed by atoms with Crippen LogP contribution in [0.5, 0.6) is 0 Å². The maximum absolute atomic E-state index is 5.55. The predicted octanol–water partition coefficient (Wildman–Crippen LogP) is 3.36. The molecule has 0 atom stereocenters. The van der Waals surface area contributed by atoms with E-state index >= 15 is 0 Å². The molecule has 0 spiro atoms. The monoisotopic (exact) mass is 574 g/mol. The number of ether oxygens (including phenoxy) is 10. The first-order valence-electron chi connectivity index (χ1n) is 14.2. The lowest BCUT2D eigenvalue weighted by Crippen LogP contribution is -2.15. The van der Waals surface area contributed by atoms with Gasteiger partial charge in [0.25, 0.3) is 0 Å². The zero-order valence-electron chi connectivity index (χ0n) is 23.8. The largest absolute Gasteiger partial charge is 0.379 e. The molecule has 0 rings (SSSR count). The van der Waals surface area contributed by atoms with Gasteiger partial charge in [-0.1, -0.05) is 32.6 Å². The average Bonchev–Trinajstić information content (AvgIpc) is 2.93. The van der Waals surface area contributed by atoms with Crippen molar-refractivity contribution in [1.82, 2.24) is 0 Å². The van der Waals surface area contributed by atoms with Gasteiger partial charge >= 0.3 is 0 Å². The highest BCUT2D eigenvalue weighted by molar-refractivity contribution is 6.17. The third-order valence-electron chi connectivity index (χ3n) is 4.96. The molecule has 0 aromatic carbocycles. The molecule has 0 aliphatic heterocycles. The fourth-order valence-corrected chi connectivity index (χ4v) is 3.05. The Morgan fingerprint density at radius 1 is 0.289 bits per heavy atom. The second-order valence-corrected chi connectivity index (χ2v) is 8.60. The van der Waals surface area contributed by atoms with Gasteiger partial charge in [0.2, 0.25) is 0 Å². The summed E-state index contributed by atoms with van der Waals surface area (Å²) in [5.41, 5.74) is 0. The molecule has 0 aromatic rings. The molecule has 10 nitrogen and oxygen atoms in total. The summed E-state index contributed by atoms with van der Waals surface area (Å²) >= 11 is 5.50. The number of halogens is 1. The van der Waals surface area contributed by atoms with Crippen molar-refractivity contribution in [1.29, 1.82) is 0 Å². The fourth-order valence-electron chi connectivity index (χ4n) is 2.94. The van der Waals surface area contributed by atoms with Crippen molar-refractivity contribution in [3.63, 3.8) is 0 Å². The molecule has 0 aliphatic rings. The van der Waals surface area contributed by atoms with E-state index in [4.69, 9.17) is 59.0 Å². The maximum Gasteiger partial charge on any atom is 0.0701 e. The van der Waals surface area contributed by atoms with Crippen molar-refractivity contribution < 1.29 is 47.4 Å². The van der Waals surface area contributed by atoms with Crippen molar-refractivity contribution in [2.75, 3.05) is 138 Å². The standard InChI is InChI=1S/C27H55ClO10/c1-2-3-4-5-6-8-29-10-12-31-14-16-33-18-20-35-22-24-37-26-27-38-25-23-36-21-19-34-17-15-32-13-11-30-9-7-28/h2-27H2,1H3. The molecule has 0 radical (unpaired) electrons. The van der Waals surface area contributed by atoms with Crippen LogP contribution in [0.25, 0.3) is 0 Å². The number of hydrogen-bond donors (Lipinski definition) is 0. The fraction of sp³-hybridized carbons (Fsp3) is 1.00. The molecule has 230 valence electrons. The Labute approximate surface area is 236 Å². The van der Waals surface area contributed by atoms with Crippen LogP contribution in [0.2, 0.25) is 0 Å². The van der Waals surface area contributed by atoms with E-state index in [2.05, 4.69) is 6.92 Å². The third kappa shape index (κ3) is 35.9. The summed E-state index contributed by atoms with van der Waals surface area (Å²) < 4.78 is 54.3. The van der Waals surface area contributed by atoms with Crippen molar-refractivity contribution >= 4 is 11.6 Å². The van der Waals surface area contributed by atoms with Gasteiger partial charge in [-0.2, -0.15) is 0 Å². The Kier molecular flexibility index (Phi) is 36.8. The SMILES string of the molecule is CCCCCCCOCCOCCOCCOCCOCCOCCOCCOCCOCCOCCCl. The third-order valence-corrected chi connectivity index (χ3v) is 5.12. The first-order chi connectivity index (χ1) is 18.9. The van der Waals surface area contributed by atoms with E-state index in [0.29, 0.717) is 131 Å². The second kappa shape index (κ2) is 36.9. The normalized spacial score (nSPS) is 11.5. The highest BCUT2D eigenvalue weighted by Gasteiger charge is 1.96. The van der Waals surface area contributed by atoms with Crippen LogP contribution in [0.3, 0.4) is 0 Å². The molecular formula is C27H55ClO10.